The van der Waals surface area contributed by atoms with Crippen LogP contribution in [-0.4, -0.2) is 10.3 Å². The van der Waals surface area contributed by atoms with E-state index in [1.807, 2.05) is 30.3 Å². The van der Waals surface area contributed by atoms with Crippen molar-refractivity contribution in [1.82, 2.24) is 0 Å². The van der Waals surface area contributed by atoms with E-state index < -0.39 is 7.92 Å². The van der Waals surface area contributed by atoms with Crippen molar-refractivity contribution in [2.45, 2.75) is 64.4 Å². The molecule has 1 unspecified atom stereocenters. The van der Waals surface area contributed by atoms with Gasteiger partial charge >= 0.3 is 0 Å². The van der Waals surface area contributed by atoms with Crippen molar-refractivity contribution in [2.75, 3.05) is 0 Å². The van der Waals surface area contributed by atoms with Gasteiger partial charge in [0.05, 0.1) is 0 Å². The van der Waals surface area contributed by atoms with Crippen LogP contribution in [0.25, 0.3) is 0 Å². The minimum Gasteiger partial charge on any atom is -0.748 e. The number of hydrogen-bond acceptors (Lipinski definition) is 0. The summed E-state index contributed by atoms with van der Waals surface area (Å²) in [5.41, 5.74) is 2.04. The van der Waals surface area contributed by atoms with E-state index in [1.54, 1.807) is 10.9 Å². The van der Waals surface area contributed by atoms with Gasteiger partial charge in [-0.2, -0.15) is 6.07 Å². The van der Waals surface area contributed by atoms with E-state index in [0.29, 0.717) is 5.66 Å². The molecule has 4 rings (SSSR count). The minimum atomic E-state index is -0.465. The molecule has 0 fully saturated rings. The van der Waals surface area contributed by atoms with Crippen molar-refractivity contribution in [3.63, 3.8) is 0 Å². The van der Waals surface area contributed by atoms with Crippen LogP contribution in [0.15, 0.2) is 109 Å². The normalized spacial score (nSPS) is 12.6. The van der Waals surface area contributed by atoms with E-state index in [4.69, 9.17) is 0 Å². The van der Waals surface area contributed by atoms with Crippen molar-refractivity contribution in [2.24, 2.45) is 0 Å². The van der Waals surface area contributed by atoms with Crippen LogP contribution in [0.3, 0.4) is 0 Å². The molecule has 192 valence electrons. The van der Waals surface area contributed by atoms with Gasteiger partial charge < -0.3 is 30.3 Å². The summed E-state index contributed by atoms with van der Waals surface area (Å²) in [6.45, 7) is 17.0. The number of rotatable bonds is 5. The summed E-state index contributed by atoms with van der Waals surface area (Å²) in [6, 6.07) is 39.3. The fourth-order valence-electron chi connectivity index (χ4n) is 4.94. The molecule has 0 amide bonds. The Kier molecular flexibility index (Phi) is 11.2. The van der Waals surface area contributed by atoms with Gasteiger partial charge in [-0.05, 0) is 34.5 Å². The predicted molar refractivity (Wildman–Crippen MR) is 158 cm³/mol. The Hall–Kier alpha value is -1.48. The van der Waals surface area contributed by atoms with Crippen molar-refractivity contribution < 1.29 is 17.1 Å². The molecule has 35 heavy (non-hydrogen) atoms. The monoisotopic (exact) mass is 542 g/mol. The van der Waals surface area contributed by atoms with Crippen LogP contribution in [-0.2, 0) is 17.1 Å². The third-order valence-corrected chi connectivity index (χ3v) is 12.2. The van der Waals surface area contributed by atoms with Crippen molar-refractivity contribution in [1.29, 1.82) is 0 Å². The van der Waals surface area contributed by atoms with Gasteiger partial charge in [0.1, 0.15) is 0 Å². The molecule has 0 radical (unpaired) electrons. The Morgan fingerprint density at radius 1 is 0.629 bits per heavy atom. The first-order chi connectivity index (χ1) is 16.1. The zero-order valence-electron chi connectivity index (χ0n) is 22.2. The molecule has 3 heteroatoms. The topological polar surface area (TPSA) is 0 Å². The second-order valence-corrected chi connectivity index (χ2v) is 17.1. The van der Waals surface area contributed by atoms with Gasteiger partial charge in [-0.25, -0.2) is 12.1 Å². The standard InChI is InChI=1S/C27H35P2.C5H5.Fe/c1-21(24-19-14-20-25(24)29(26(2,3)4)27(5,6)7)28(22-15-10-8-11-16-22)23-17-12-9-13-18-23;1-2-4-5-3-1;/h8-21H,1-7H3;1-5H;/q-1;-5;. The second kappa shape index (κ2) is 13.2. The average molecular weight is 542 g/mol. The van der Waals surface area contributed by atoms with Crippen molar-refractivity contribution in [3.05, 3.63) is 115 Å². The van der Waals surface area contributed by atoms with Gasteiger partial charge in [0.2, 0.25) is 0 Å². The van der Waals surface area contributed by atoms with Crippen LogP contribution in [0, 0.1) is 0 Å². The zero-order chi connectivity index (χ0) is 24.8. The average Bonchev–Trinajstić information content (AvgIpc) is 3.49. The molecule has 0 bridgehead atoms. The molecule has 0 aliphatic carbocycles. The molecule has 4 aromatic rings. The first kappa shape index (κ1) is 29.7. The Balaban J connectivity index is 0.000000640. The van der Waals surface area contributed by atoms with Gasteiger partial charge in [0.15, 0.2) is 0 Å². The van der Waals surface area contributed by atoms with E-state index >= 15 is 0 Å². The Morgan fingerprint density at radius 3 is 1.40 bits per heavy atom. The summed E-state index contributed by atoms with van der Waals surface area (Å²) in [7, 11) is -0.771. The molecular formula is C32H40FeP2-6. The summed E-state index contributed by atoms with van der Waals surface area (Å²) in [5, 5.41) is 5.08. The molecule has 4 aromatic carbocycles. The minimum absolute atomic E-state index is 0. The largest absolute Gasteiger partial charge is 0.748 e. The molecule has 0 aliphatic rings. The molecule has 0 heterocycles. The van der Waals surface area contributed by atoms with E-state index in [0.717, 1.165) is 0 Å². The van der Waals surface area contributed by atoms with Crippen LogP contribution in [0.4, 0.5) is 0 Å². The van der Waals surface area contributed by atoms with Crippen molar-refractivity contribution in [3.8, 4) is 0 Å². The molecular weight excluding hydrogens is 502 g/mol. The second-order valence-electron chi connectivity index (χ2n) is 10.7. The van der Waals surface area contributed by atoms with Crippen LogP contribution >= 0.6 is 15.8 Å². The van der Waals surface area contributed by atoms with E-state index in [9.17, 15) is 0 Å². The molecule has 0 aromatic heterocycles. The fourth-order valence-corrected chi connectivity index (χ4v) is 11.9. The Bertz CT molecular complexity index is 1010. The van der Waals surface area contributed by atoms with Gasteiger partial charge in [-0.15, -0.1) is 10.9 Å². The molecule has 0 nitrogen and oxygen atoms in total. The van der Waals surface area contributed by atoms with E-state index in [-0.39, 0.29) is 35.3 Å². The van der Waals surface area contributed by atoms with Gasteiger partial charge in [-0.1, -0.05) is 117 Å². The Labute approximate surface area is 227 Å². The maximum Gasteiger partial charge on any atom is 0 e. The maximum absolute atomic E-state index is 2.45. The zero-order valence-corrected chi connectivity index (χ0v) is 25.1. The van der Waals surface area contributed by atoms with Crippen LogP contribution in [0.5, 0.6) is 0 Å². The first-order valence-electron chi connectivity index (χ1n) is 12.2. The molecule has 1 atom stereocenters. The van der Waals surface area contributed by atoms with E-state index in [1.165, 1.54) is 10.6 Å². The third kappa shape index (κ3) is 8.00. The van der Waals surface area contributed by atoms with Crippen LogP contribution < -0.4 is 15.9 Å². The Morgan fingerprint density at radius 2 is 1.03 bits per heavy atom. The quantitative estimate of drug-likeness (QED) is 0.134. The SMILES string of the molecule is CC([c-]1cccc1P(C(C)(C)C)C(C)(C)C)P(c1ccccc1)c1ccccc1.[Fe].[cH-]1[cH-][cH-][cH-][cH-]1. The first-order valence-corrected chi connectivity index (χ1v) is 15.0. The molecule has 0 N–H and O–H groups in total. The smallest absolute Gasteiger partial charge is 0 e. The summed E-state index contributed by atoms with van der Waals surface area (Å²) in [4.78, 5) is 0. The third-order valence-electron chi connectivity index (χ3n) is 5.87. The fraction of sp³-hybridized carbons (Fsp3) is 0.312. The van der Waals surface area contributed by atoms with Crippen LogP contribution in [0.1, 0.15) is 59.7 Å². The summed E-state index contributed by atoms with van der Waals surface area (Å²) < 4.78 is 0. The summed E-state index contributed by atoms with van der Waals surface area (Å²) in [5.74, 6) is 0. The van der Waals surface area contributed by atoms with Gasteiger partial charge in [0, 0.05) is 17.1 Å². The molecule has 0 aliphatic heterocycles. The molecule has 0 saturated heterocycles. The van der Waals surface area contributed by atoms with Gasteiger partial charge in [0.25, 0.3) is 0 Å². The number of benzene rings is 2. The summed E-state index contributed by atoms with van der Waals surface area (Å²) in [6.07, 6.45) is 0. The molecule has 0 spiro atoms. The van der Waals surface area contributed by atoms with Gasteiger partial charge in [-0.3, -0.25) is 0 Å². The van der Waals surface area contributed by atoms with Crippen molar-refractivity contribution >= 4 is 31.8 Å². The maximum atomic E-state index is 2.45. The van der Waals surface area contributed by atoms with E-state index in [2.05, 4.69) is 127 Å². The predicted octanol–water partition coefficient (Wildman–Crippen LogP) is 8.71. The number of hydrogen-bond donors (Lipinski definition) is 0. The van der Waals surface area contributed by atoms with Crippen LogP contribution in [0.2, 0.25) is 0 Å². The summed E-state index contributed by atoms with van der Waals surface area (Å²) >= 11 is 0. The molecule has 0 saturated carbocycles.